The van der Waals surface area contributed by atoms with Gasteiger partial charge in [-0.3, -0.25) is 4.79 Å². The number of ether oxygens (including phenoxy) is 1. The number of benzene rings is 1. The van der Waals surface area contributed by atoms with Gasteiger partial charge in [-0.25, -0.2) is 10.9 Å². The van der Waals surface area contributed by atoms with Crippen LogP contribution in [0.1, 0.15) is 24.4 Å². The van der Waals surface area contributed by atoms with E-state index in [9.17, 15) is 4.79 Å². The molecule has 2 aliphatic heterocycles. The number of hydrogen-bond acceptors (Lipinski definition) is 6. The number of rotatable bonds is 4. The molecule has 1 aromatic carbocycles. The van der Waals surface area contributed by atoms with Crippen LogP contribution in [0.4, 0.5) is 0 Å². The third-order valence-electron chi connectivity index (χ3n) is 4.41. The number of carbonyl (C=O) groups is 1. The first kappa shape index (κ1) is 15.6. The third kappa shape index (κ3) is 3.55. The first-order valence-electron chi connectivity index (χ1n) is 7.79. The molecule has 2 unspecified atom stereocenters. The summed E-state index contributed by atoms with van der Waals surface area (Å²) in [7, 11) is 1.64. The maximum atomic E-state index is 12.3. The lowest BCUT2D eigenvalue weighted by atomic mass is 10.0. The molecule has 7 nitrogen and oxygen atoms in total. The Kier molecular flexibility index (Phi) is 4.65. The van der Waals surface area contributed by atoms with Gasteiger partial charge >= 0.3 is 0 Å². The number of nitrogens with one attached hydrogen (secondary N) is 3. The smallest absolute Gasteiger partial charge is 0.238 e. The molecule has 7 heteroatoms. The molecule has 1 amide bonds. The number of nitrogens with zero attached hydrogens (tertiary/aromatic N) is 2. The molecule has 3 atom stereocenters. The highest BCUT2D eigenvalue weighted by atomic mass is 16.5. The lowest BCUT2D eigenvalue weighted by Crippen LogP contribution is -2.47. The summed E-state index contributed by atoms with van der Waals surface area (Å²) in [5.74, 6) is 0.801. The summed E-state index contributed by atoms with van der Waals surface area (Å²) in [4.78, 5) is 14.0. The summed E-state index contributed by atoms with van der Waals surface area (Å²) in [6, 6.07) is 7.72. The van der Waals surface area contributed by atoms with Gasteiger partial charge in [-0.05, 0) is 30.5 Å². The van der Waals surface area contributed by atoms with Crippen LogP contribution in [-0.2, 0) is 4.79 Å². The number of amides is 1. The van der Waals surface area contributed by atoms with Crippen LogP contribution in [0.2, 0.25) is 0 Å². The van der Waals surface area contributed by atoms with Crippen LogP contribution in [0.25, 0.3) is 0 Å². The molecule has 0 saturated carbocycles. The van der Waals surface area contributed by atoms with Crippen molar-refractivity contribution >= 4 is 5.91 Å². The van der Waals surface area contributed by atoms with Gasteiger partial charge in [-0.2, -0.15) is 5.26 Å². The maximum Gasteiger partial charge on any atom is 0.238 e. The Hall–Kier alpha value is -2.30. The van der Waals surface area contributed by atoms with E-state index in [4.69, 9.17) is 10.00 Å². The van der Waals surface area contributed by atoms with Crippen molar-refractivity contribution in [1.82, 2.24) is 21.1 Å². The topological polar surface area (TPSA) is 89.4 Å². The largest absolute Gasteiger partial charge is 0.497 e. The Morgan fingerprint density at radius 2 is 2.17 bits per heavy atom. The van der Waals surface area contributed by atoms with E-state index in [1.807, 2.05) is 24.3 Å². The minimum absolute atomic E-state index is 0.0155. The highest BCUT2D eigenvalue weighted by molar-refractivity contribution is 5.82. The Bertz CT molecular complexity index is 597. The molecular formula is C16H21N5O2. The van der Waals surface area contributed by atoms with E-state index < -0.39 is 0 Å². The number of hydrazine groups is 1. The molecule has 2 saturated heterocycles. The summed E-state index contributed by atoms with van der Waals surface area (Å²) < 4.78 is 5.16. The van der Waals surface area contributed by atoms with Gasteiger partial charge in [0.05, 0.1) is 7.11 Å². The van der Waals surface area contributed by atoms with Gasteiger partial charge in [0.1, 0.15) is 11.8 Å². The molecule has 3 N–H and O–H groups in total. The van der Waals surface area contributed by atoms with Crippen molar-refractivity contribution in [1.29, 1.82) is 5.26 Å². The number of hydrogen-bond donors (Lipinski definition) is 3. The zero-order valence-corrected chi connectivity index (χ0v) is 13.1. The normalized spacial score (nSPS) is 26.8. The Labute approximate surface area is 135 Å². The summed E-state index contributed by atoms with van der Waals surface area (Å²) in [5, 5.41) is 11.9. The molecule has 1 aromatic rings. The lowest BCUT2D eigenvalue weighted by Gasteiger charge is -2.15. The molecule has 2 heterocycles. The predicted molar refractivity (Wildman–Crippen MR) is 84.1 cm³/mol. The maximum absolute atomic E-state index is 12.3. The SMILES string of the molecule is COc1ccc(C2CC(C(=O)N[C@@H]3CCN(C#N)C3)NN2)cc1. The first-order valence-corrected chi connectivity index (χ1v) is 7.79. The number of likely N-dealkylation sites (tertiary alicyclic amines) is 1. The van der Waals surface area contributed by atoms with Crippen molar-refractivity contribution in [2.75, 3.05) is 20.2 Å². The third-order valence-corrected chi connectivity index (χ3v) is 4.41. The highest BCUT2D eigenvalue weighted by Gasteiger charge is 2.32. The molecule has 0 radical (unpaired) electrons. The molecule has 23 heavy (non-hydrogen) atoms. The van der Waals surface area contributed by atoms with E-state index in [1.54, 1.807) is 12.0 Å². The van der Waals surface area contributed by atoms with Crippen LogP contribution < -0.4 is 20.9 Å². The average molecular weight is 315 g/mol. The van der Waals surface area contributed by atoms with Crippen molar-refractivity contribution in [2.24, 2.45) is 0 Å². The van der Waals surface area contributed by atoms with Crippen LogP contribution >= 0.6 is 0 Å². The fourth-order valence-corrected chi connectivity index (χ4v) is 3.05. The number of nitriles is 1. The van der Waals surface area contributed by atoms with Crippen LogP contribution in [-0.4, -0.2) is 43.1 Å². The van der Waals surface area contributed by atoms with E-state index in [0.717, 1.165) is 17.7 Å². The highest BCUT2D eigenvalue weighted by Crippen LogP contribution is 2.24. The van der Waals surface area contributed by atoms with Crippen LogP contribution in [0, 0.1) is 11.5 Å². The van der Waals surface area contributed by atoms with Crippen molar-refractivity contribution in [3.63, 3.8) is 0 Å². The Morgan fingerprint density at radius 3 is 2.83 bits per heavy atom. The monoisotopic (exact) mass is 315 g/mol. The summed E-state index contributed by atoms with van der Waals surface area (Å²) in [6.45, 7) is 1.32. The molecule has 2 fully saturated rings. The quantitative estimate of drug-likeness (QED) is 0.691. The van der Waals surface area contributed by atoms with Crippen molar-refractivity contribution in [3.8, 4) is 11.9 Å². The molecule has 122 valence electrons. The van der Waals surface area contributed by atoms with E-state index in [0.29, 0.717) is 19.5 Å². The minimum atomic E-state index is -0.266. The van der Waals surface area contributed by atoms with Gasteiger partial charge in [0.15, 0.2) is 6.19 Å². The van der Waals surface area contributed by atoms with Gasteiger partial charge in [-0.1, -0.05) is 12.1 Å². The van der Waals surface area contributed by atoms with Crippen LogP contribution in [0.5, 0.6) is 5.75 Å². The second kappa shape index (κ2) is 6.86. The molecule has 3 rings (SSSR count). The standard InChI is InChI=1S/C16H21N5O2/c1-23-13-4-2-11(3-5-13)14-8-15(20-19-14)16(22)18-12-6-7-21(9-12)10-17/h2-5,12,14-15,19-20H,6-9H2,1H3,(H,18,22)/t12-,14?,15?/m1/s1. The molecule has 0 spiro atoms. The molecule has 0 bridgehead atoms. The Morgan fingerprint density at radius 1 is 1.39 bits per heavy atom. The van der Waals surface area contributed by atoms with Gasteiger partial charge < -0.3 is 15.0 Å². The van der Waals surface area contributed by atoms with Gasteiger partial charge in [0.2, 0.25) is 5.91 Å². The number of carbonyl (C=O) groups excluding carboxylic acids is 1. The van der Waals surface area contributed by atoms with Gasteiger partial charge in [-0.15, -0.1) is 0 Å². The van der Waals surface area contributed by atoms with Gasteiger partial charge in [0.25, 0.3) is 0 Å². The van der Waals surface area contributed by atoms with E-state index in [-0.39, 0.29) is 24.0 Å². The zero-order valence-electron chi connectivity index (χ0n) is 13.1. The van der Waals surface area contributed by atoms with Crippen LogP contribution in [0.3, 0.4) is 0 Å². The lowest BCUT2D eigenvalue weighted by molar-refractivity contribution is -0.123. The molecule has 2 aliphatic rings. The molecule has 0 aliphatic carbocycles. The van der Waals surface area contributed by atoms with Crippen LogP contribution in [0.15, 0.2) is 24.3 Å². The van der Waals surface area contributed by atoms with Crippen molar-refractivity contribution in [3.05, 3.63) is 29.8 Å². The first-order chi connectivity index (χ1) is 11.2. The van der Waals surface area contributed by atoms with Gasteiger partial charge in [0, 0.05) is 25.2 Å². The second-order valence-electron chi connectivity index (χ2n) is 5.94. The van der Waals surface area contributed by atoms with Crippen molar-refractivity contribution < 1.29 is 9.53 Å². The summed E-state index contributed by atoms with van der Waals surface area (Å²) in [6.07, 6.45) is 3.63. The minimum Gasteiger partial charge on any atom is -0.497 e. The summed E-state index contributed by atoms with van der Waals surface area (Å²) in [5.41, 5.74) is 7.35. The molecular weight excluding hydrogens is 294 g/mol. The van der Waals surface area contributed by atoms with E-state index in [2.05, 4.69) is 22.4 Å². The average Bonchev–Trinajstić information content (AvgIpc) is 3.24. The van der Waals surface area contributed by atoms with Crippen molar-refractivity contribution in [2.45, 2.75) is 31.0 Å². The van der Waals surface area contributed by atoms with E-state index >= 15 is 0 Å². The Balaban J connectivity index is 1.52. The predicted octanol–water partition coefficient (Wildman–Crippen LogP) is 0.274. The number of methoxy groups -OCH3 is 1. The summed E-state index contributed by atoms with van der Waals surface area (Å²) >= 11 is 0. The fraction of sp³-hybridized carbons (Fsp3) is 0.500. The molecule has 0 aromatic heterocycles. The zero-order chi connectivity index (χ0) is 16.2. The fourth-order valence-electron chi connectivity index (χ4n) is 3.05. The second-order valence-corrected chi connectivity index (χ2v) is 5.94. The van der Waals surface area contributed by atoms with E-state index in [1.165, 1.54) is 0 Å².